The van der Waals surface area contributed by atoms with E-state index in [-0.39, 0.29) is 17.4 Å². The summed E-state index contributed by atoms with van der Waals surface area (Å²) < 4.78 is 3.39. The summed E-state index contributed by atoms with van der Waals surface area (Å²) in [5.74, 6) is 0.236. The summed E-state index contributed by atoms with van der Waals surface area (Å²) in [6.07, 6.45) is 5.59. The van der Waals surface area contributed by atoms with Crippen molar-refractivity contribution in [2.24, 2.45) is 7.05 Å². The number of imidazole rings is 1. The van der Waals surface area contributed by atoms with Crippen LogP contribution >= 0.6 is 0 Å². The molecule has 1 saturated heterocycles. The van der Waals surface area contributed by atoms with E-state index in [9.17, 15) is 14.4 Å². The average Bonchev–Trinajstić information content (AvgIpc) is 3.44. The molecule has 4 heterocycles. The van der Waals surface area contributed by atoms with Crippen LogP contribution in [-0.2, 0) is 23.8 Å². The van der Waals surface area contributed by atoms with E-state index in [0.29, 0.717) is 30.9 Å². The molecule has 3 aromatic rings. The van der Waals surface area contributed by atoms with Gasteiger partial charge in [-0.3, -0.25) is 14.4 Å². The summed E-state index contributed by atoms with van der Waals surface area (Å²) >= 11 is 0. The van der Waals surface area contributed by atoms with Crippen molar-refractivity contribution in [3.05, 3.63) is 82.3 Å². The largest absolute Gasteiger partial charge is 0.336 e. The predicted molar refractivity (Wildman–Crippen MR) is 115 cm³/mol. The molecule has 31 heavy (non-hydrogen) atoms. The molecule has 0 saturated carbocycles. The Kier molecular flexibility index (Phi) is 4.32. The molecule has 0 radical (unpaired) electrons. The van der Waals surface area contributed by atoms with E-state index >= 15 is 0 Å². The maximum Gasteiger partial charge on any atom is 0.254 e. The molecule has 5 rings (SSSR count). The first-order valence-electron chi connectivity index (χ1n) is 10.4. The Labute approximate surface area is 179 Å². The highest BCUT2D eigenvalue weighted by Crippen LogP contribution is 2.54. The Hall–Kier alpha value is -3.68. The molecular weight excluding hydrogens is 394 g/mol. The van der Waals surface area contributed by atoms with Crippen molar-refractivity contribution < 1.29 is 9.59 Å². The highest BCUT2D eigenvalue weighted by atomic mass is 16.2. The molecule has 2 aliphatic rings. The Morgan fingerprint density at radius 1 is 1.23 bits per heavy atom. The molecular formula is C23H23N5O3. The van der Waals surface area contributed by atoms with Crippen LogP contribution in [0.25, 0.3) is 0 Å². The topological polar surface area (TPSA) is 89.2 Å². The van der Waals surface area contributed by atoms with Gasteiger partial charge in [-0.05, 0) is 31.0 Å². The molecule has 2 amide bonds. The fourth-order valence-electron chi connectivity index (χ4n) is 4.97. The van der Waals surface area contributed by atoms with Crippen molar-refractivity contribution in [2.45, 2.75) is 31.3 Å². The fourth-order valence-corrected chi connectivity index (χ4v) is 4.97. The number of hydrogen-bond acceptors (Lipinski definition) is 4. The third kappa shape index (κ3) is 2.67. The number of nitrogens with one attached hydrogen (secondary N) is 1. The normalized spacial score (nSPS) is 22.1. The highest BCUT2D eigenvalue weighted by Gasteiger charge is 2.60. The van der Waals surface area contributed by atoms with Crippen molar-refractivity contribution in [1.82, 2.24) is 19.0 Å². The SMILES string of the molecule is CCn1ccc(C(=O)N2CC[C@]3(C(=O)Nc4ccccc43)[C@@H]2c2nccn2C)cc1=O. The zero-order valence-corrected chi connectivity index (χ0v) is 17.4. The molecule has 0 aliphatic carbocycles. The van der Waals surface area contributed by atoms with Gasteiger partial charge in [-0.2, -0.15) is 0 Å². The van der Waals surface area contributed by atoms with Gasteiger partial charge in [-0.15, -0.1) is 0 Å². The summed E-state index contributed by atoms with van der Waals surface area (Å²) in [6, 6.07) is 10.1. The van der Waals surface area contributed by atoms with E-state index in [1.165, 1.54) is 6.07 Å². The Bertz CT molecular complexity index is 1260. The molecule has 0 unspecified atom stereocenters. The van der Waals surface area contributed by atoms with E-state index in [1.54, 1.807) is 27.9 Å². The Balaban J connectivity index is 1.65. The zero-order chi connectivity index (χ0) is 21.8. The maximum atomic E-state index is 13.6. The first-order valence-corrected chi connectivity index (χ1v) is 10.4. The number of anilines is 1. The van der Waals surface area contributed by atoms with Gasteiger partial charge in [-0.1, -0.05) is 18.2 Å². The number of amides is 2. The molecule has 8 nitrogen and oxygen atoms in total. The number of likely N-dealkylation sites (tertiary alicyclic amines) is 1. The van der Waals surface area contributed by atoms with Gasteiger partial charge in [0, 0.05) is 56.0 Å². The first kappa shape index (κ1) is 19.3. The second-order valence-electron chi connectivity index (χ2n) is 8.06. The van der Waals surface area contributed by atoms with E-state index in [2.05, 4.69) is 10.3 Å². The Morgan fingerprint density at radius 2 is 2.03 bits per heavy atom. The van der Waals surface area contributed by atoms with Gasteiger partial charge in [0.05, 0.1) is 0 Å². The van der Waals surface area contributed by atoms with Crippen molar-refractivity contribution in [2.75, 3.05) is 11.9 Å². The monoisotopic (exact) mass is 417 g/mol. The number of fused-ring (bicyclic) bond motifs is 2. The molecule has 8 heteroatoms. The summed E-state index contributed by atoms with van der Waals surface area (Å²) in [5, 5.41) is 3.00. The van der Waals surface area contributed by atoms with Crippen molar-refractivity contribution in [1.29, 1.82) is 0 Å². The van der Waals surface area contributed by atoms with Crippen LogP contribution in [0.15, 0.2) is 59.8 Å². The smallest absolute Gasteiger partial charge is 0.254 e. The van der Waals surface area contributed by atoms with Crippen molar-refractivity contribution in [3.8, 4) is 0 Å². The molecule has 1 N–H and O–H groups in total. The van der Waals surface area contributed by atoms with Gasteiger partial charge in [0.15, 0.2) is 0 Å². The van der Waals surface area contributed by atoms with E-state index in [0.717, 1.165) is 11.3 Å². The van der Waals surface area contributed by atoms with Crippen LogP contribution in [0.1, 0.15) is 41.1 Å². The molecule has 1 aromatic carbocycles. The summed E-state index contributed by atoms with van der Waals surface area (Å²) in [4.78, 5) is 45.5. The van der Waals surface area contributed by atoms with Gasteiger partial charge in [0.2, 0.25) is 5.91 Å². The summed E-state index contributed by atoms with van der Waals surface area (Å²) in [6.45, 7) is 2.79. The minimum Gasteiger partial charge on any atom is -0.336 e. The van der Waals surface area contributed by atoms with Gasteiger partial charge in [0.25, 0.3) is 11.5 Å². The lowest BCUT2D eigenvalue weighted by atomic mass is 9.74. The maximum absolute atomic E-state index is 13.6. The minimum absolute atomic E-state index is 0.126. The van der Waals surface area contributed by atoms with Crippen LogP contribution in [0.2, 0.25) is 0 Å². The standard InChI is InChI=1S/C23H23N5O3/c1-3-27-11-8-15(14-18(27)29)21(30)28-12-9-23(19(28)20-24-10-13-26(20)2)16-6-4-5-7-17(16)25-22(23)31/h4-8,10-11,13-14,19H,3,9,12H2,1-2H3,(H,25,31)/t19-,23+/m0/s1. The average molecular weight is 417 g/mol. The molecule has 1 spiro atoms. The fraction of sp³-hybridized carbons (Fsp3) is 0.304. The predicted octanol–water partition coefficient (Wildman–Crippen LogP) is 2.08. The minimum atomic E-state index is -0.927. The first-order chi connectivity index (χ1) is 15.0. The number of rotatable bonds is 3. The van der Waals surface area contributed by atoms with Crippen LogP contribution < -0.4 is 10.9 Å². The van der Waals surface area contributed by atoms with Crippen LogP contribution in [0.3, 0.4) is 0 Å². The number of hydrogen-bond donors (Lipinski definition) is 1. The lowest BCUT2D eigenvalue weighted by Crippen LogP contribution is -2.44. The number of carbonyl (C=O) groups excluding carboxylic acids is 2. The zero-order valence-electron chi connectivity index (χ0n) is 17.4. The second-order valence-corrected chi connectivity index (χ2v) is 8.06. The Morgan fingerprint density at radius 3 is 2.74 bits per heavy atom. The summed E-state index contributed by atoms with van der Waals surface area (Å²) in [7, 11) is 1.86. The van der Waals surface area contributed by atoms with Gasteiger partial charge in [0.1, 0.15) is 17.3 Å². The number of aryl methyl sites for hydroxylation is 2. The van der Waals surface area contributed by atoms with Crippen molar-refractivity contribution in [3.63, 3.8) is 0 Å². The second kappa shape index (κ2) is 6.94. The number of pyridine rings is 1. The quantitative estimate of drug-likeness (QED) is 0.707. The molecule has 2 aliphatic heterocycles. The van der Waals surface area contributed by atoms with E-state index in [4.69, 9.17) is 0 Å². The van der Waals surface area contributed by atoms with Gasteiger partial charge < -0.3 is 19.4 Å². The van der Waals surface area contributed by atoms with E-state index in [1.807, 2.05) is 49.0 Å². The lowest BCUT2D eigenvalue weighted by molar-refractivity contribution is -0.121. The number of benzene rings is 1. The van der Waals surface area contributed by atoms with Crippen molar-refractivity contribution >= 4 is 17.5 Å². The number of nitrogens with zero attached hydrogens (tertiary/aromatic N) is 4. The molecule has 0 bridgehead atoms. The van der Waals surface area contributed by atoms with Crippen LogP contribution in [0, 0.1) is 0 Å². The third-order valence-corrected chi connectivity index (χ3v) is 6.53. The molecule has 2 aromatic heterocycles. The summed E-state index contributed by atoms with van der Waals surface area (Å²) in [5.41, 5.74) is 0.817. The molecule has 2 atom stereocenters. The van der Waals surface area contributed by atoms with Crippen LogP contribution in [-0.4, -0.2) is 37.4 Å². The van der Waals surface area contributed by atoms with Gasteiger partial charge in [-0.25, -0.2) is 4.98 Å². The number of carbonyl (C=O) groups is 2. The molecule has 158 valence electrons. The van der Waals surface area contributed by atoms with Gasteiger partial charge >= 0.3 is 0 Å². The lowest BCUT2D eigenvalue weighted by Gasteiger charge is -2.33. The number of aromatic nitrogens is 3. The molecule has 1 fully saturated rings. The highest BCUT2D eigenvalue weighted by molar-refractivity contribution is 6.08. The van der Waals surface area contributed by atoms with Crippen LogP contribution in [0.5, 0.6) is 0 Å². The third-order valence-electron chi connectivity index (χ3n) is 6.53. The van der Waals surface area contributed by atoms with E-state index < -0.39 is 11.5 Å². The number of para-hydroxylation sites is 1. The van der Waals surface area contributed by atoms with Crippen LogP contribution in [0.4, 0.5) is 5.69 Å².